The summed E-state index contributed by atoms with van der Waals surface area (Å²) in [6.07, 6.45) is -0.367. The second-order valence-electron chi connectivity index (χ2n) is 2.99. The quantitative estimate of drug-likeness (QED) is 0.798. The minimum Gasteiger partial charge on any atom is -0.494 e. The number of halogens is 1. The molecule has 0 N–H and O–H groups in total. The molecule has 0 saturated carbocycles. The number of ether oxygens (including phenoxy) is 3. The molecule has 1 aromatic carbocycles. The monoisotopic (exact) mass is 285 g/mol. The van der Waals surface area contributed by atoms with Crippen molar-refractivity contribution in [1.82, 2.24) is 0 Å². The molecule has 0 aliphatic heterocycles. The summed E-state index contributed by atoms with van der Waals surface area (Å²) in [5, 5.41) is 8.88. The third-order valence-corrected chi connectivity index (χ3v) is 2.76. The number of nitrogens with zero attached hydrogens (tertiary/aromatic N) is 1. The van der Waals surface area contributed by atoms with Crippen LogP contribution in [0.3, 0.4) is 0 Å². The van der Waals surface area contributed by atoms with Crippen LogP contribution in [0.5, 0.6) is 11.5 Å². The molecule has 0 amide bonds. The number of hydrogen-bond acceptors (Lipinski definition) is 4. The number of methoxy groups -OCH3 is 2. The smallest absolute Gasteiger partial charge is 0.196 e. The molecular weight excluding hydrogens is 274 g/mol. The first kappa shape index (κ1) is 12.8. The largest absolute Gasteiger partial charge is 0.494 e. The summed E-state index contributed by atoms with van der Waals surface area (Å²) in [6, 6.07) is 5.38. The van der Waals surface area contributed by atoms with E-state index in [0.717, 1.165) is 0 Å². The van der Waals surface area contributed by atoms with Gasteiger partial charge >= 0.3 is 0 Å². The van der Waals surface area contributed by atoms with Crippen molar-refractivity contribution in [2.75, 3.05) is 14.2 Å². The van der Waals surface area contributed by atoms with E-state index < -0.39 is 0 Å². The highest BCUT2D eigenvalue weighted by Gasteiger charge is 2.14. The van der Waals surface area contributed by atoms with Gasteiger partial charge in [-0.15, -0.1) is 0 Å². The Kier molecular flexibility index (Phi) is 4.59. The van der Waals surface area contributed by atoms with E-state index >= 15 is 0 Å². The summed E-state index contributed by atoms with van der Waals surface area (Å²) < 4.78 is 16.2. The first-order valence-corrected chi connectivity index (χ1v) is 5.39. The van der Waals surface area contributed by atoms with Gasteiger partial charge in [0, 0.05) is 7.11 Å². The van der Waals surface area contributed by atoms with E-state index in [4.69, 9.17) is 19.5 Å². The van der Waals surface area contributed by atoms with Crippen LogP contribution in [-0.4, -0.2) is 20.5 Å². The average molecular weight is 286 g/mol. The molecular formula is C11H12BrNO3. The van der Waals surface area contributed by atoms with Gasteiger partial charge in [-0.2, -0.15) is 5.26 Å². The summed E-state index contributed by atoms with van der Waals surface area (Å²) in [5.74, 6) is 1.04. The fourth-order valence-corrected chi connectivity index (χ4v) is 1.74. The first-order chi connectivity index (χ1) is 7.63. The maximum absolute atomic E-state index is 8.88. The van der Waals surface area contributed by atoms with Crippen LogP contribution in [0.4, 0.5) is 0 Å². The molecule has 0 radical (unpaired) electrons. The Balaban J connectivity index is 3.10. The average Bonchev–Trinajstić information content (AvgIpc) is 2.31. The molecule has 0 saturated heterocycles. The van der Waals surface area contributed by atoms with Gasteiger partial charge in [0.15, 0.2) is 12.0 Å². The van der Waals surface area contributed by atoms with Gasteiger partial charge in [-0.25, -0.2) is 0 Å². The SMILES string of the molecule is COc1c(C#N)ccc(OC(C)OC)c1Br. The molecule has 0 heterocycles. The molecule has 0 bridgehead atoms. The van der Waals surface area contributed by atoms with Gasteiger partial charge in [0.25, 0.3) is 0 Å². The number of hydrogen-bond donors (Lipinski definition) is 0. The lowest BCUT2D eigenvalue weighted by Crippen LogP contribution is -2.14. The van der Waals surface area contributed by atoms with Gasteiger partial charge in [-0.05, 0) is 35.0 Å². The van der Waals surface area contributed by atoms with Gasteiger partial charge in [0.2, 0.25) is 0 Å². The maximum atomic E-state index is 8.88. The standard InChI is InChI=1S/C11H12BrNO3/c1-7(14-2)16-9-5-4-8(6-13)11(15-3)10(9)12/h4-5,7H,1-3H3. The van der Waals surface area contributed by atoms with Gasteiger partial charge < -0.3 is 14.2 Å². The minimum atomic E-state index is -0.367. The third kappa shape index (κ3) is 2.65. The van der Waals surface area contributed by atoms with Crippen molar-refractivity contribution < 1.29 is 14.2 Å². The Bertz CT molecular complexity index is 414. The second-order valence-corrected chi connectivity index (χ2v) is 3.78. The molecule has 0 fully saturated rings. The van der Waals surface area contributed by atoms with Crippen LogP contribution in [0.2, 0.25) is 0 Å². The van der Waals surface area contributed by atoms with Gasteiger partial charge in [-0.3, -0.25) is 0 Å². The van der Waals surface area contributed by atoms with Crippen molar-refractivity contribution in [3.63, 3.8) is 0 Å². The van der Waals surface area contributed by atoms with Crippen LogP contribution < -0.4 is 9.47 Å². The van der Waals surface area contributed by atoms with Crippen molar-refractivity contribution in [2.45, 2.75) is 13.2 Å². The van der Waals surface area contributed by atoms with Crippen LogP contribution >= 0.6 is 15.9 Å². The molecule has 0 spiro atoms. The zero-order chi connectivity index (χ0) is 12.1. The molecule has 4 nitrogen and oxygen atoms in total. The normalized spacial score (nSPS) is 11.7. The lowest BCUT2D eigenvalue weighted by molar-refractivity contribution is -0.0388. The van der Waals surface area contributed by atoms with Crippen molar-refractivity contribution >= 4 is 15.9 Å². The topological polar surface area (TPSA) is 51.5 Å². The molecule has 0 aliphatic rings. The van der Waals surface area contributed by atoms with Gasteiger partial charge in [0.05, 0.1) is 12.7 Å². The van der Waals surface area contributed by atoms with Crippen LogP contribution in [0.15, 0.2) is 16.6 Å². The maximum Gasteiger partial charge on any atom is 0.196 e. The minimum absolute atomic E-state index is 0.367. The first-order valence-electron chi connectivity index (χ1n) is 4.60. The number of rotatable bonds is 4. The zero-order valence-corrected chi connectivity index (χ0v) is 10.9. The molecule has 1 atom stereocenters. The summed E-state index contributed by atoms with van der Waals surface area (Å²) in [7, 11) is 3.06. The van der Waals surface area contributed by atoms with Crippen molar-refractivity contribution in [1.29, 1.82) is 5.26 Å². The fraction of sp³-hybridized carbons (Fsp3) is 0.364. The van der Waals surface area contributed by atoms with Crippen molar-refractivity contribution in [2.24, 2.45) is 0 Å². The number of nitriles is 1. The van der Waals surface area contributed by atoms with E-state index in [9.17, 15) is 0 Å². The van der Waals surface area contributed by atoms with Crippen LogP contribution in [0.25, 0.3) is 0 Å². The van der Waals surface area contributed by atoms with Gasteiger partial charge in [0.1, 0.15) is 16.3 Å². The molecule has 0 aromatic heterocycles. The predicted molar refractivity (Wildman–Crippen MR) is 62.5 cm³/mol. The second kappa shape index (κ2) is 5.73. The summed E-state index contributed by atoms with van der Waals surface area (Å²) in [4.78, 5) is 0. The van der Waals surface area contributed by atoms with Crippen LogP contribution in [0, 0.1) is 11.3 Å². The zero-order valence-electron chi connectivity index (χ0n) is 9.28. The molecule has 16 heavy (non-hydrogen) atoms. The van der Waals surface area contributed by atoms with E-state index in [1.165, 1.54) is 7.11 Å². The molecule has 1 aromatic rings. The van der Waals surface area contributed by atoms with E-state index in [0.29, 0.717) is 21.5 Å². The van der Waals surface area contributed by atoms with E-state index in [2.05, 4.69) is 15.9 Å². The lowest BCUT2D eigenvalue weighted by Gasteiger charge is -2.15. The Morgan fingerprint density at radius 3 is 2.56 bits per heavy atom. The molecule has 86 valence electrons. The van der Waals surface area contributed by atoms with Gasteiger partial charge in [-0.1, -0.05) is 0 Å². The Morgan fingerprint density at radius 1 is 1.38 bits per heavy atom. The molecule has 0 aliphatic carbocycles. The Hall–Kier alpha value is -1.25. The third-order valence-electron chi connectivity index (χ3n) is 2.01. The van der Waals surface area contributed by atoms with E-state index in [-0.39, 0.29) is 6.29 Å². The Morgan fingerprint density at radius 2 is 2.06 bits per heavy atom. The molecule has 1 unspecified atom stereocenters. The fourth-order valence-electron chi connectivity index (χ4n) is 1.14. The van der Waals surface area contributed by atoms with E-state index in [1.54, 1.807) is 26.2 Å². The van der Waals surface area contributed by atoms with Crippen LogP contribution in [0.1, 0.15) is 12.5 Å². The lowest BCUT2D eigenvalue weighted by atomic mass is 10.2. The molecule has 5 heteroatoms. The highest BCUT2D eigenvalue weighted by molar-refractivity contribution is 9.10. The molecule has 1 rings (SSSR count). The van der Waals surface area contributed by atoms with Crippen LogP contribution in [-0.2, 0) is 4.74 Å². The highest BCUT2D eigenvalue weighted by atomic mass is 79.9. The number of benzene rings is 1. The highest BCUT2D eigenvalue weighted by Crippen LogP contribution is 2.37. The van der Waals surface area contributed by atoms with E-state index in [1.807, 2.05) is 6.07 Å². The predicted octanol–water partition coefficient (Wildman–Crippen LogP) is 2.70. The van der Waals surface area contributed by atoms with Crippen molar-refractivity contribution in [3.8, 4) is 17.6 Å². The summed E-state index contributed by atoms with van der Waals surface area (Å²) in [5.41, 5.74) is 0.451. The Labute approximate surface area is 103 Å². The summed E-state index contributed by atoms with van der Waals surface area (Å²) in [6.45, 7) is 1.77. The summed E-state index contributed by atoms with van der Waals surface area (Å²) >= 11 is 3.33. The van der Waals surface area contributed by atoms with Crippen molar-refractivity contribution in [3.05, 3.63) is 22.2 Å².